The highest BCUT2D eigenvalue weighted by atomic mass is 28.3. The van der Waals surface area contributed by atoms with Gasteiger partial charge in [0.15, 0.2) is 5.78 Å². The molecule has 21 heavy (non-hydrogen) atoms. The summed E-state index contributed by atoms with van der Waals surface area (Å²) in [6.45, 7) is 9.02. The molecule has 2 heteroatoms. The quantitative estimate of drug-likeness (QED) is 0.547. The number of ketones is 1. The summed E-state index contributed by atoms with van der Waals surface area (Å²) in [5, 5.41) is -0.296. The van der Waals surface area contributed by atoms with Crippen molar-refractivity contribution in [3.63, 3.8) is 0 Å². The number of benzene rings is 2. The third-order valence-corrected chi connectivity index (χ3v) is 8.31. The Balaban J connectivity index is 2.41. The molecule has 2 rings (SSSR count). The van der Waals surface area contributed by atoms with Gasteiger partial charge in [-0.15, -0.1) is 0 Å². The Morgan fingerprint density at radius 1 is 0.905 bits per heavy atom. The average Bonchev–Trinajstić information content (AvgIpc) is 2.47. The van der Waals surface area contributed by atoms with Crippen molar-refractivity contribution in [1.29, 1.82) is 0 Å². The molecule has 110 valence electrons. The number of hydrogen-bond acceptors (Lipinski definition) is 1. The summed E-state index contributed by atoms with van der Waals surface area (Å²) in [4.78, 5) is 13.2. The minimum atomic E-state index is -1.69. The number of rotatable bonds is 5. The topological polar surface area (TPSA) is 17.1 Å². The van der Waals surface area contributed by atoms with Crippen molar-refractivity contribution in [2.75, 3.05) is 0 Å². The number of carbonyl (C=O) groups excluding carboxylic acids is 1. The fraction of sp³-hybridized carbons (Fsp3) is 0.316. The zero-order valence-electron chi connectivity index (χ0n) is 13.4. The van der Waals surface area contributed by atoms with Gasteiger partial charge in [-0.1, -0.05) is 87.2 Å². The van der Waals surface area contributed by atoms with Gasteiger partial charge in [0.2, 0.25) is 0 Å². The van der Waals surface area contributed by atoms with E-state index in [2.05, 4.69) is 38.7 Å². The monoisotopic (exact) mass is 296 g/mol. The van der Waals surface area contributed by atoms with Crippen LogP contribution in [0.2, 0.25) is 24.7 Å². The van der Waals surface area contributed by atoms with Crippen molar-refractivity contribution in [1.82, 2.24) is 0 Å². The highest BCUT2D eigenvalue weighted by Crippen LogP contribution is 2.43. The van der Waals surface area contributed by atoms with Crippen LogP contribution in [0.5, 0.6) is 0 Å². The van der Waals surface area contributed by atoms with Gasteiger partial charge < -0.3 is 0 Å². The fourth-order valence-electron chi connectivity index (χ4n) is 2.60. The highest BCUT2D eigenvalue weighted by Gasteiger charge is 2.45. The smallest absolute Gasteiger partial charge is 0.166 e. The lowest BCUT2D eigenvalue weighted by Crippen LogP contribution is -2.44. The summed E-state index contributed by atoms with van der Waals surface area (Å²) in [5.41, 5.74) is 2.07. The van der Waals surface area contributed by atoms with Crippen molar-refractivity contribution in [3.8, 4) is 0 Å². The van der Waals surface area contributed by atoms with Crippen molar-refractivity contribution < 1.29 is 4.79 Å². The maximum Gasteiger partial charge on any atom is 0.166 e. The van der Waals surface area contributed by atoms with Crippen molar-refractivity contribution >= 4 is 13.9 Å². The lowest BCUT2D eigenvalue weighted by molar-refractivity contribution is 0.0935. The Hall–Kier alpha value is -1.67. The van der Waals surface area contributed by atoms with Crippen LogP contribution in [0.25, 0.3) is 0 Å². The predicted molar refractivity (Wildman–Crippen MR) is 92.6 cm³/mol. The molecule has 0 heterocycles. The Kier molecular flexibility index (Phi) is 4.48. The molecule has 0 saturated carbocycles. The third-order valence-electron chi connectivity index (χ3n) is 4.59. The molecular formula is C19H24OSi. The van der Waals surface area contributed by atoms with Crippen LogP contribution >= 0.6 is 0 Å². The van der Waals surface area contributed by atoms with Gasteiger partial charge in [-0.3, -0.25) is 4.79 Å². The lowest BCUT2D eigenvalue weighted by atomic mass is 9.91. The molecule has 0 N–H and O–H groups in total. The van der Waals surface area contributed by atoms with Gasteiger partial charge in [-0.25, -0.2) is 0 Å². The van der Waals surface area contributed by atoms with Gasteiger partial charge in [-0.2, -0.15) is 0 Å². The number of hydrogen-bond donors (Lipinski definition) is 0. The van der Waals surface area contributed by atoms with Gasteiger partial charge in [0.1, 0.15) is 0 Å². The minimum Gasteiger partial charge on any atom is -0.294 e. The Morgan fingerprint density at radius 3 is 1.86 bits per heavy atom. The van der Waals surface area contributed by atoms with Crippen LogP contribution in [-0.2, 0) is 6.42 Å². The second-order valence-corrected chi connectivity index (χ2v) is 12.5. The Morgan fingerprint density at radius 2 is 1.38 bits per heavy atom. The first-order chi connectivity index (χ1) is 9.84. The van der Waals surface area contributed by atoms with Crippen LogP contribution < -0.4 is 0 Å². The van der Waals surface area contributed by atoms with E-state index in [0.717, 1.165) is 12.0 Å². The average molecular weight is 296 g/mol. The zero-order valence-corrected chi connectivity index (χ0v) is 14.4. The molecule has 2 aromatic rings. The van der Waals surface area contributed by atoms with Gasteiger partial charge in [-0.05, 0) is 12.0 Å². The van der Waals surface area contributed by atoms with Gasteiger partial charge in [0, 0.05) is 10.6 Å². The third kappa shape index (κ3) is 3.33. The first-order valence-electron chi connectivity index (χ1n) is 7.48. The fourth-order valence-corrected chi connectivity index (χ4v) is 4.16. The van der Waals surface area contributed by atoms with Crippen LogP contribution in [0, 0.1) is 0 Å². The first kappa shape index (κ1) is 15.7. The molecule has 0 aliphatic rings. The van der Waals surface area contributed by atoms with E-state index in [4.69, 9.17) is 0 Å². The summed E-state index contributed by atoms with van der Waals surface area (Å²) in [7, 11) is -1.69. The van der Waals surface area contributed by atoms with E-state index in [-0.39, 0.29) is 10.8 Å². The number of Topliss-reactive ketones (excluding diaryl/α,β-unsaturated/α-hetero) is 1. The summed E-state index contributed by atoms with van der Waals surface area (Å²) < 4.78 is 0. The van der Waals surface area contributed by atoms with Crippen LogP contribution in [0.3, 0.4) is 0 Å². The molecule has 1 nitrogen and oxygen atoms in total. The Labute approximate surface area is 129 Å². The first-order valence-corrected chi connectivity index (χ1v) is 11.0. The normalized spacial score (nSPS) is 14.5. The van der Waals surface area contributed by atoms with Crippen molar-refractivity contribution in [2.45, 2.75) is 38.0 Å². The molecule has 0 spiro atoms. The second-order valence-electron chi connectivity index (χ2n) is 6.94. The molecule has 0 amide bonds. The maximum absolute atomic E-state index is 13.2. The van der Waals surface area contributed by atoms with Crippen LogP contribution in [0.4, 0.5) is 0 Å². The van der Waals surface area contributed by atoms with Crippen molar-refractivity contribution in [3.05, 3.63) is 71.8 Å². The van der Waals surface area contributed by atoms with E-state index < -0.39 is 8.07 Å². The van der Waals surface area contributed by atoms with Crippen molar-refractivity contribution in [2.24, 2.45) is 0 Å². The van der Waals surface area contributed by atoms with Crippen LogP contribution in [0.15, 0.2) is 60.7 Å². The van der Waals surface area contributed by atoms with Crippen LogP contribution in [-0.4, -0.2) is 13.9 Å². The molecule has 0 saturated heterocycles. The molecule has 0 bridgehead atoms. The van der Waals surface area contributed by atoms with Gasteiger partial charge in [0.05, 0.1) is 8.07 Å². The lowest BCUT2D eigenvalue weighted by Gasteiger charge is -2.39. The molecule has 0 aliphatic heterocycles. The minimum absolute atomic E-state index is 0.283. The molecule has 1 atom stereocenters. The summed E-state index contributed by atoms with van der Waals surface area (Å²) >= 11 is 0. The highest BCUT2D eigenvalue weighted by molar-refractivity contribution is 6.82. The Bertz CT molecular complexity index is 598. The molecule has 0 radical (unpaired) electrons. The summed E-state index contributed by atoms with van der Waals surface area (Å²) in [6.07, 6.45) is 0.817. The standard InChI is InChI=1S/C19H24OSi/c1-19(21(2,3)4,15-16-11-7-5-8-12-16)18(20)17-13-9-6-10-14-17/h5-14H,15H2,1-4H3. The molecule has 0 aliphatic carbocycles. The molecule has 2 aromatic carbocycles. The van der Waals surface area contributed by atoms with E-state index in [1.165, 1.54) is 5.56 Å². The summed E-state index contributed by atoms with van der Waals surface area (Å²) in [6, 6.07) is 20.1. The maximum atomic E-state index is 13.2. The van der Waals surface area contributed by atoms with E-state index >= 15 is 0 Å². The van der Waals surface area contributed by atoms with E-state index in [1.807, 2.05) is 48.5 Å². The van der Waals surface area contributed by atoms with Crippen LogP contribution in [0.1, 0.15) is 22.8 Å². The number of carbonyl (C=O) groups is 1. The zero-order chi connectivity index (χ0) is 15.5. The molecule has 0 fully saturated rings. The SMILES string of the molecule is CC(Cc1ccccc1)(C(=O)c1ccccc1)[Si](C)(C)C. The predicted octanol–water partition coefficient (Wildman–Crippen LogP) is 5.21. The second kappa shape index (κ2) is 5.98. The van der Waals surface area contributed by atoms with Gasteiger partial charge in [0.25, 0.3) is 0 Å². The van der Waals surface area contributed by atoms with E-state index in [1.54, 1.807) is 0 Å². The van der Waals surface area contributed by atoms with Gasteiger partial charge >= 0.3 is 0 Å². The van der Waals surface area contributed by atoms with E-state index in [0.29, 0.717) is 0 Å². The molecule has 0 aromatic heterocycles. The summed E-state index contributed by atoms with van der Waals surface area (Å²) in [5.74, 6) is 0.283. The van der Waals surface area contributed by atoms with E-state index in [9.17, 15) is 4.79 Å². The molecular weight excluding hydrogens is 272 g/mol. The largest absolute Gasteiger partial charge is 0.294 e. The molecule has 1 unspecified atom stereocenters.